The van der Waals surface area contributed by atoms with Crippen LogP contribution in [0.15, 0.2) is 15.7 Å². The van der Waals surface area contributed by atoms with Crippen LogP contribution in [0.4, 0.5) is 0 Å². The van der Waals surface area contributed by atoms with Crippen molar-refractivity contribution in [2.24, 2.45) is 0 Å². The van der Waals surface area contributed by atoms with E-state index in [1.54, 1.807) is 0 Å². The Morgan fingerprint density at radius 2 is 2.00 bits per heavy atom. The van der Waals surface area contributed by atoms with Gasteiger partial charge in [0.1, 0.15) is 0 Å². The third kappa shape index (κ3) is 3.13. The van der Waals surface area contributed by atoms with Crippen molar-refractivity contribution in [2.75, 3.05) is 31.1 Å². The van der Waals surface area contributed by atoms with Gasteiger partial charge in [-0.15, -0.1) is 0 Å². The number of rotatable bonds is 3. The van der Waals surface area contributed by atoms with Crippen molar-refractivity contribution in [2.45, 2.75) is 6.54 Å². The highest BCUT2D eigenvalue weighted by atomic mass is 32.2. The Balaban J connectivity index is 2.03. The molecule has 1 aromatic rings. The normalized spacial score (nSPS) is 17.2. The molecule has 0 spiro atoms. The van der Waals surface area contributed by atoms with Gasteiger partial charge in [0.05, 0.1) is 6.07 Å². The quantitative estimate of drug-likeness (QED) is 0.748. The fraction of sp³-hybridized carbons (Fsp3) is 0.600. The summed E-state index contributed by atoms with van der Waals surface area (Å²) in [7, 11) is 0. The van der Waals surface area contributed by atoms with E-state index in [0.29, 0.717) is 13.1 Å². The van der Waals surface area contributed by atoms with Crippen LogP contribution in [0.3, 0.4) is 0 Å². The third-order valence-corrected chi connectivity index (χ3v) is 3.70. The van der Waals surface area contributed by atoms with Gasteiger partial charge in [-0.25, -0.2) is 4.79 Å². The standard InChI is InChI=1S/C10H15N3O3S/c14-8-7-9(15)13(10(16)11-8)2-1-12-3-5-17-6-4-12/h7,15H,1-6H2,(H,11,14,16). The molecular formula is C10H15N3O3S. The minimum atomic E-state index is -0.571. The average Bonchev–Trinajstić information content (AvgIpc) is 2.29. The zero-order chi connectivity index (χ0) is 12.3. The number of aromatic amines is 1. The monoisotopic (exact) mass is 257 g/mol. The minimum Gasteiger partial charge on any atom is -0.494 e. The molecule has 7 heteroatoms. The molecule has 0 amide bonds. The van der Waals surface area contributed by atoms with Gasteiger partial charge in [0, 0.05) is 37.7 Å². The molecule has 0 atom stereocenters. The molecule has 1 saturated heterocycles. The zero-order valence-electron chi connectivity index (χ0n) is 9.39. The molecule has 1 aliphatic rings. The van der Waals surface area contributed by atoms with Gasteiger partial charge in [0.15, 0.2) is 0 Å². The first kappa shape index (κ1) is 12.3. The van der Waals surface area contributed by atoms with Crippen molar-refractivity contribution in [1.82, 2.24) is 14.5 Å². The molecule has 94 valence electrons. The molecule has 17 heavy (non-hydrogen) atoms. The van der Waals surface area contributed by atoms with Crippen molar-refractivity contribution in [3.05, 3.63) is 26.9 Å². The second-order valence-electron chi connectivity index (χ2n) is 3.90. The van der Waals surface area contributed by atoms with E-state index in [4.69, 9.17) is 0 Å². The minimum absolute atomic E-state index is 0.273. The van der Waals surface area contributed by atoms with Crippen LogP contribution in [-0.2, 0) is 6.54 Å². The summed E-state index contributed by atoms with van der Waals surface area (Å²) in [6, 6.07) is 1.02. The van der Waals surface area contributed by atoms with Crippen LogP contribution < -0.4 is 11.2 Å². The molecular weight excluding hydrogens is 242 g/mol. The lowest BCUT2D eigenvalue weighted by Gasteiger charge is -2.26. The van der Waals surface area contributed by atoms with E-state index in [2.05, 4.69) is 9.88 Å². The summed E-state index contributed by atoms with van der Waals surface area (Å²) in [5.41, 5.74) is -1.13. The average molecular weight is 257 g/mol. The fourth-order valence-electron chi connectivity index (χ4n) is 1.79. The van der Waals surface area contributed by atoms with E-state index in [1.165, 1.54) is 4.57 Å². The smallest absolute Gasteiger partial charge is 0.331 e. The highest BCUT2D eigenvalue weighted by Gasteiger charge is 2.11. The van der Waals surface area contributed by atoms with Crippen molar-refractivity contribution >= 4 is 11.8 Å². The predicted octanol–water partition coefficient (Wildman–Crippen LogP) is -0.709. The van der Waals surface area contributed by atoms with Crippen molar-refractivity contribution < 1.29 is 5.11 Å². The van der Waals surface area contributed by atoms with Gasteiger partial charge in [-0.2, -0.15) is 11.8 Å². The van der Waals surface area contributed by atoms with Crippen LogP contribution >= 0.6 is 11.8 Å². The Hall–Kier alpha value is -1.21. The second-order valence-corrected chi connectivity index (χ2v) is 5.13. The van der Waals surface area contributed by atoms with Gasteiger partial charge >= 0.3 is 5.69 Å². The molecule has 1 fully saturated rings. The number of hydrogen-bond acceptors (Lipinski definition) is 5. The summed E-state index contributed by atoms with van der Waals surface area (Å²) >= 11 is 1.92. The maximum absolute atomic E-state index is 11.5. The maximum Gasteiger partial charge on any atom is 0.331 e. The number of hydrogen-bond donors (Lipinski definition) is 2. The lowest BCUT2D eigenvalue weighted by molar-refractivity contribution is 0.277. The summed E-state index contributed by atoms with van der Waals surface area (Å²) < 4.78 is 1.18. The summed E-state index contributed by atoms with van der Waals surface area (Å²) in [6.45, 7) is 3.11. The predicted molar refractivity (Wildman–Crippen MR) is 66.8 cm³/mol. The fourth-order valence-corrected chi connectivity index (χ4v) is 2.77. The lowest BCUT2D eigenvalue weighted by Crippen LogP contribution is -2.38. The Labute approximate surface area is 102 Å². The van der Waals surface area contributed by atoms with Crippen molar-refractivity contribution in [1.29, 1.82) is 0 Å². The van der Waals surface area contributed by atoms with Crippen LogP contribution in [0.2, 0.25) is 0 Å². The molecule has 2 heterocycles. The Bertz CT molecular complexity index is 490. The highest BCUT2D eigenvalue weighted by Crippen LogP contribution is 2.09. The number of nitrogens with one attached hydrogen (secondary N) is 1. The molecule has 1 aromatic heterocycles. The van der Waals surface area contributed by atoms with Gasteiger partial charge in [-0.1, -0.05) is 0 Å². The van der Waals surface area contributed by atoms with Crippen LogP contribution in [0.25, 0.3) is 0 Å². The Morgan fingerprint density at radius 3 is 2.65 bits per heavy atom. The molecule has 2 N–H and O–H groups in total. The topological polar surface area (TPSA) is 78.3 Å². The molecule has 6 nitrogen and oxygen atoms in total. The van der Waals surface area contributed by atoms with E-state index >= 15 is 0 Å². The molecule has 0 aromatic carbocycles. The van der Waals surface area contributed by atoms with E-state index in [9.17, 15) is 14.7 Å². The largest absolute Gasteiger partial charge is 0.494 e. The lowest BCUT2D eigenvalue weighted by atomic mass is 10.4. The molecule has 0 aliphatic carbocycles. The molecule has 0 saturated carbocycles. The first-order valence-corrected chi connectivity index (χ1v) is 6.65. The number of aromatic nitrogens is 2. The third-order valence-electron chi connectivity index (χ3n) is 2.76. The molecule has 0 radical (unpaired) electrons. The van der Waals surface area contributed by atoms with Crippen LogP contribution in [0.1, 0.15) is 0 Å². The summed E-state index contributed by atoms with van der Waals surface area (Å²) in [4.78, 5) is 26.8. The van der Waals surface area contributed by atoms with Crippen LogP contribution in [0.5, 0.6) is 5.88 Å². The number of aromatic hydroxyl groups is 1. The molecule has 1 aliphatic heterocycles. The van der Waals surface area contributed by atoms with Gasteiger partial charge in [0.2, 0.25) is 5.88 Å². The molecule has 2 rings (SSSR count). The van der Waals surface area contributed by atoms with Gasteiger partial charge < -0.3 is 5.11 Å². The van der Waals surface area contributed by atoms with E-state index in [-0.39, 0.29) is 5.88 Å². The first-order chi connectivity index (χ1) is 8.16. The van der Waals surface area contributed by atoms with Gasteiger partial charge in [-0.05, 0) is 0 Å². The Morgan fingerprint density at radius 1 is 1.29 bits per heavy atom. The number of H-pyrrole nitrogens is 1. The number of nitrogens with zero attached hydrogens (tertiary/aromatic N) is 2. The van der Waals surface area contributed by atoms with E-state index in [1.807, 2.05) is 11.8 Å². The van der Waals surface area contributed by atoms with Crippen LogP contribution in [0, 0.1) is 0 Å². The maximum atomic E-state index is 11.5. The van der Waals surface area contributed by atoms with Crippen molar-refractivity contribution in [3.63, 3.8) is 0 Å². The summed E-state index contributed by atoms with van der Waals surface area (Å²) in [6.07, 6.45) is 0. The molecule has 0 bridgehead atoms. The van der Waals surface area contributed by atoms with Gasteiger partial charge in [-0.3, -0.25) is 19.2 Å². The first-order valence-electron chi connectivity index (χ1n) is 5.50. The molecule has 0 unspecified atom stereocenters. The Kier molecular flexibility index (Phi) is 3.90. The highest BCUT2D eigenvalue weighted by molar-refractivity contribution is 7.99. The summed E-state index contributed by atoms with van der Waals surface area (Å²) in [5.74, 6) is 1.93. The second kappa shape index (κ2) is 5.42. The van der Waals surface area contributed by atoms with Gasteiger partial charge in [0.25, 0.3) is 5.56 Å². The van der Waals surface area contributed by atoms with E-state index < -0.39 is 11.2 Å². The SMILES string of the molecule is O=c1cc(O)n(CCN2CCSCC2)c(=O)[nH]1. The zero-order valence-corrected chi connectivity index (χ0v) is 10.2. The van der Waals surface area contributed by atoms with E-state index in [0.717, 1.165) is 30.7 Å². The number of thioether (sulfide) groups is 1. The van der Waals surface area contributed by atoms with Crippen LogP contribution in [-0.4, -0.2) is 50.7 Å². The summed E-state index contributed by atoms with van der Waals surface area (Å²) in [5, 5.41) is 9.52. The van der Waals surface area contributed by atoms with Crippen molar-refractivity contribution in [3.8, 4) is 5.88 Å².